The minimum Gasteiger partial charge on any atom is -0.372 e. The molecule has 3 aromatic rings. The molecular weight excluding hydrogens is 357 g/mol. The van der Waals surface area contributed by atoms with Crippen LogP contribution < -0.4 is 10.6 Å². The number of nitrogens with zero attached hydrogens (tertiary/aromatic N) is 1. The molecule has 3 rings (SSSR count). The molecular formula is C22H24NOPS. The maximum Gasteiger partial charge on any atom is 0.105 e. The minimum absolute atomic E-state index is 0.105. The van der Waals surface area contributed by atoms with Crippen LogP contribution in [0.4, 0.5) is 0 Å². The summed E-state index contributed by atoms with van der Waals surface area (Å²) in [5, 5.41) is 2.44. The highest BCUT2D eigenvalue weighted by Gasteiger charge is 2.28. The summed E-state index contributed by atoms with van der Waals surface area (Å²) in [4.78, 5) is 4.71. The van der Waals surface area contributed by atoms with E-state index in [0.717, 1.165) is 17.5 Å². The van der Waals surface area contributed by atoms with Gasteiger partial charge in [-0.05, 0) is 36.6 Å². The molecule has 0 fully saturated rings. The van der Waals surface area contributed by atoms with Crippen LogP contribution in [0.25, 0.3) is 0 Å². The van der Waals surface area contributed by atoms with Crippen molar-refractivity contribution in [1.29, 1.82) is 0 Å². The molecule has 4 heteroatoms. The third-order valence-corrected chi connectivity index (χ3v) is 9.20. The van der Waals surface area contributed by atoms with Crippen molar-refractivity contribution in [3.8, 4) is 0 Å². The highest BCUT2D eigenvalue weighted by Crippen LogP contribution is 2.47. The molecule has 1 aromatic heterocycles. The molecule has 0 N–H and O–H groups in total. The number of hydrogen-bond donors (Lipinski definition) is 0. The van der Waals surface area contributed by atoms with Crippen molar-refractivity contribution in [3.63, 3.8) is 0 Å². The van der Waals surface area contributed by atoms with Crippen molar-refractivity contribution in [2.75, 3.05) is 12.8 Å². The second-order valence-corrected chi connectivity index (χ2v) is 11.0. The van der Waals surface area contributed by atoms with E-state index in [1.54, 1.807) is 0 Å². The van der Waals surface area contributed by atoms with E-state index in [0.29, 0.717) is 6.61 Å². The molecule has 0 spiro atoms. The number of benzene rings is 2. The number of ether oxygens (including phenoxy) is 1. The zero-order chi connectivity index (χ0) is 18.4. The molecule has 0 radical (unpaired) electrons. The molecule has 0 amide bonds. The minimum atomic E-state index is -2.02. The topological polar surface area (TPSA) is 22.1 Å². The first-order valence-corrected chi connectivity index (χ1v) is 11.9. The second kappa shape index (κ2) is 8.73. The Balaban J connectivity index is 2.05. The summed E-state index contributed by atoms with van der Waals surface area (Å²) in [5.74, 6) is 0. The lowest BCUT2D eigenvalue weighted by Crippen LogP contribution is -2.23. The third kappa shape index (κ3) is 4.29. The highest BCUT2D eigenvalue weighted by atomic mass is 32.4. The van der Waals surface area contributed by atoms with Crippen LogP contribution in [0.3, 0.4) is 0 Å². The molecule has 134 valence electrons. The van der Waals surface area contributed by atoms with Gasteiger partial charge in [0.1, 0.15) is 6.10 Å². The molecule has 0 saturated carbocycles. The van der Waals surface area contributed by atoms with Crippen molar-refractivity contribution in [3.05, 3.63) is 90.3 Å². The fourth-order valence-electron chi connectivity index (χ4n) is 3.11. The van der Waals surface area contributed by atoms with Crippen molar-refractivity contribution in [2.45, 2.75) is 20.0 Å². The van der Waals surface area contributed by atoms with Gasteiger partial charge in [0.25, 0.3) is 0 Å². The van der Waals surface area contributed by atoms with Crippen LogP contribution in [-0.2, 0) is 16.5 Å². The Bertz CT molecular complexity index is 839. The summed E-state index contributed by atoms with van der Waals surface area (Å²) in [5.41, 5.74) is 1.97. The maximum absolute atomic E-state index is 6.36. The van der Waals surface area contributed by atoms with E-state index in [9.17, 15) is 0 Å². The highest BCUT2D eigenvalue weighted by molar-refractivity contribution is 8.21. The second-order valence-electron chi connectivity index (χ2n) is 6.24. The van der Waals surface area contributed by atoms with E-state index >= 15 is 0 Å². The monoisotopic (exact) mass is 381 g/mol. The van der Waals surface area contributed by atoms with Crippen LogP contribution in [0.2, 0.25) is 0 Å². The van der Waals surface area contributed by atoms with Gasteiger partial charge < -0.3 is 4.74 Å². The van der Waals surface area contributed by atoms with Gasteiger partial charge in [0.05, 0.1) is 5.69 Å². The summed E-state index contributed by atoms with van der Waals surface area (Å²) in [6.45, 7) is 4.67. The molecule has 0 aliphatic rings. The average molecular weight is 381 g/mol. The number of rotatable bonds is 7. The summed E-state index contributed by atoms with van der Waals surface area (Å²) in [6, 6.07) is 25.0. The Hall–Kier alpha value is -1.80. The molecule has 0 aliphatic carbocycles. The van der Waals surface area contributed by atoms with Crippen LogP contribution in [0.15, 0.2) is 78.9 Å². The molecule has 0 aliphatic heterocycles. The molecule has 1 unspecified atom stereocenters. The smallest absolute Gasteiger partial charge is 0.105 e. The van der Waals surface area contributed by atoms with Crippen LogP contribution in [0.5, 0.6) is 0 Å². The SMILES string of the molecule is CCOC(CP(=S)(c1ccccc1)c1ccccc1)c1cccc(C)n1. The summed E-state index contributed by atoms with van der Waals surface area (Å²) < 4.78 is 6.12. The van der Waals surface area contributed by atoms with Crippen LogP contribution >= 0.6 is 6.04 Å². The largest absolute Gasteiger partial charge is 0.372 e. The van der Waals surface area contributed by atoms with Gasteiger partial charge in [-0.2, -0.15) is 0 Å². The molecule has 2 aromatic carbocycles. The predicted molar refractivity (Wildman–Crippen MR) is 115 cm³/mol. The average Bonchev–Trinajstić information content (AvgIpc) is 2.69. The van der Waals surface area contributed by atoms with Crippen molar-refractivity contribution in [2.24, 2.45) is 0 Å². The van der Waals surface area contributed by atoms with Crippen LogP contribution in [0, 0.1) is 6.92 Å². The van der Waals surface area contributed by atoms with E-state index in [1.165, 1.54) is 10.6 Å². The Morgan fingerprint density at radius 1 is 0.885 bits per heavy atom. The fraction of sp³-hybridized carbons (Fsp3) is 0.227. The lowest BCUT2D eigenvalue weighted by molar-refractivity contribution is 0.0761. The maximum atomic E-state index is 6.36. The zero-order valence-electron chi connectivity index (χ0n) is 15.2. The van der Waals surface area contributed by atoms with Crippen LogP contribution in [-0.4, -0.2) is 17.8 Å². The van der Waals surface area contributed by atoms with Gasteiger partial charge in [-0.1, -0.05) is 78.5 Å². The van der Waals surface area contributed by atoms with Crippen molar-refractivity contribution < 1.29 is 4.74 Å². The number of pyridine rings is 1. The number of aromatic nitrogens is 1. The van der Waals surface area contributed by atoms with Gasteiger partial charge in [0, 0.05) is 24.5 Å². The van der Waals surface area contributed by atoms with Gasteiger partial charge in [0.15, 0.2) is 0 Å². The first-order chi connectivity index (χ1) is 12.6. The van der Waals surface area contributed by atoms with E-state index in [-0.39, 0.29) is 6.10 Å². The standard InChI is InChI=1S/C22H24NOPS/c1-3-24-22(21-16-10-11-18(2)23-21)17-25(26,19-12-6-4-7-13-19)20-14-8-5-9-15-20/h4-16,22H,3,17H2,1-2H3. The van der Waals surface area contributed by atoms with E-state index in [2.05, 4.69) is 48.5 Å². The molecule has 0 bridgehead atoms. The lowest BCUT2D eigenvalue weighted by Gasteiger charge is -2.28. The van der Waals surface area contributed by atoms with E-state index in [4.69, 9.17) is 21.5 Å². The quantitative estimate of drug-likeness (QED) is 0.559. The number of hydrogen-bond acceptors (Lipinski definition) is 3. The van der Waals surface area contributed by atoms with Gasteiger partial charge in [-0.15, -0.1) is 0 Å². The van der Waals surface area contributed by atoms with Gasteiger partial charge in [-0.25, -0.2) is 0 Å². The normalized spacial score (nSPS) is 12.7. The number of aryl methyl sites for hydroxylation is 1. The molecule has 1 atom stereocenters. The summed E-state index contributed by atoms with van der Waals surface area (Å²) in [6.07, 6.45) is 0.659. The fourth-order valence-corrected chi connectivity index (χ4v) is 7.03. The van der Waals surface area contributed by atoms with Gasteiger partial charge >= 0.3 is 0 Å². The molecule has 1 heterocycles. The van der Waals surface area contributed by atoms with E-state index < -0.39 is 6.04 Å². The van der Waals surface area contributed by atoms with Crippen LogP contribution in [0.1, 0.15) is 24.4 Å². The Labute approximate surface area is 161 Å². The molecule has 2 nitrogen and oxygen atoms in total. The first-order valence-electron chi connectivity index (χ1n) is 8.89. The first kappa shape index (κ1) is 19.0. The molecule has 0 saturated heterocycles. The third-order valence-electron chi connectivity index (χ3n) is 4.38. The summed E-state index contributed by atoms with van der Waals surface area (Å²) in [7, 11) is 0. The Kier molecular flexibility index (Phi) is 6.37. The Morgan fingerprint density at radius 2 is 1.46 bits per heavy atom. The molecule has 26 heavy (non-hydrogen) atoms. The Morgan fingerprint density at radius 3 is 1.96 bits per heavy atom. The van der Waals surface area contributed by atoms with E-state index in [1.807, 2.05) is 44.2 Å². The van der Waals surface area contributed by atoms with Crippen molar-refractivity contribution >= 4 is 28.5 Å². The predicted octanol–water partition coefficient (Wildman–Crippen LogP) is 4.60. The van der Waals surface area contributed by atoms with Gasteiger partial charge in [0.2, 0.25) is 0 Å². The lowest BCUT2D eigenvalue weighted by atomic mass is 10.2. The van der Waals surface area contributed by atoms with Crippen molar-refractivity contribution in [1.82, 2.24) is 4.98 Å². The van der Waals surface area contributed by atoms with Gasteiger partial charge in [-0.3, -0.25) is 4.98 Å². The summed E-state index contributed by atoms with van der Waals surface area (Å²) >= 11 is 6.36. The zero-order valence-corrected chi connectivity index (χ0v) is 16.9.